The predicted molar refractivity (Wildman–Crippen MR) is 75.9 cm³/mol. The number of nitrogens with one attached hydrogen (secondary N) is 1. The summed E-state index contributed by atoms with van der Waals surface area (Å²) in [6.45, 7) is 13.4. The van der Waals surface area contributed by atoms with Crippen molar-refractivity contribution in [2.75, 3.05) is 19.8 Å². The molecule has 0 heterocycles. The molecular formula is C15H31NO2. The summed E-state index contributed by atoms with van der Waals surface area (Å²) in [7, 11) is 0. The van der Waals surface area contributed by atoms with Gasteiger partial charge in [0.25, 0.3) is 0 Å². The van der Waals surface area contributed by atoms with Gasteiger partial charge in [0.15, 0.2) is 0 Å². The zero-order valence-electron chi connectivity index (χ0n) is 12.8. The average Bonchev–Trinajstić information content (AvgIpc) is 2.27. The Morgan fingerprint density at radius 3 is 2.61 bits per heavy atom. The molecule has 108 valence electrons. The molecular weight excluding hydrogens is 226 g/mol. The van der Waals surface area contributed by atoms with Gasteiger partial charge < -0.3 is 14.8 Å². The Bertz CT molecular complexity index is 229. The van der Waals surface area contributed by atoms with Crippen LogP contribution in [-0.2, 0) is 9.47 Å². The number of likely N-dealkylation sites (N-methyl/N-ethyl adjacent to an activating group) is 1. The molecule has 1 saturated carbocycles. The molecule has 3 heteroatoms. The molecule has 1 N–H and O–H groups in total. The van der Waals surface area contributed by atoms with Crippen LogP contribution >= 0.6 is 0 Å². The lowest BCUT2D eigenvalue weighted by Gasteiger charge is -2.40. The summed E-state index contributed by atoms with van der Waals surface area (Å²) >= 11 is 0. The van der Waals surface area contributed by atoms with Gasteiger partial charge in [-0.25, -0.2) is 0 Å². The van der Waals surface area contributed by atoms with Gasteiger partial charge in [0.05, 0.1) is 25.4 Å². The SMILES string of the molecule is CCNC1CCC(C)(C)CC1OCCOC(C)C. The summed E-state index contributed by atoms with van der Waals surface area (Å²) in [4.78, 5) is 0. The van der Waals surface area contributed by atoms with E-state index in [9.17, 15) is 0 Å². The molecule has 0 saturated heterocycles. The van der Waals surface area contributed by atoms with Gasteiger partial charge in [0.1, 0.15) is 0 Å². The van der Waals surface area contributed by atoms with E-state index in [0.29, 0.717) is 36.9 Å². The van der Waals surface area contributed by atoms with Gasteiger partial charge >= 0.3 is 0 Å². The zero-order valence-corrected chi connectivity index (χ0v) is 12.8. The zero-order chi connectivity index (χ0) is 13.6. The van der Waals surface area contributed by atoms with Crippen LogP contribution in [0.4, 0.5) is 0 Å². The summed E-state index contributed by atoms with van der Waals surface area (Å²) in [6, 6.07) is 0.516. The van der Waals surface area contributed by atoms with Crippen molar-refractivity contribution >= 4 is 0 Å². The lowest BCUT2D eigenvalue weighted by molar-refractivity contribution is -0.0564. The third-order valence-corrected chi connectivity index (χ3v) is 3.67. The summed E-state index contributed by atoms with van der Waals surface area (Å²) in [5.41, 5.74) is 0.412. The molecule has 1 rings (SSSR count). The number of ether oxygens (including phenoxy) is 2. The van der Waals surface area contributed by atoms with Gasteiger partial charge in [-0.1, -0.05) is 20.8 Å². The first-order valence-corrected chi connectivity index (χ1v) is 7.41. The second kappa shape index (κ2) is 7.46. The standard InChI is InChI=1S/C15H31NO2/c1-6-16-13-7-8-15(4,5)11-14(13)18-10-9-17-12(2)3/h12-14,16H,6-11H2,1-5H3. The Labute approximate surface area is 113 Å². The van der Waals surface area contributed by atoms with E-state index in [1.54, 1.807) is 0 Å². The third-order valence-electron chi connectivity index (χ3n) is 3.67. The Morgan fingerprint density at radius 2 is 2.00 bits per heavy atom. The molecule has 0 bridgehead atoms. The Kier molecular flexibility index (Phi) is 6.61. The summed E-state index contributed by atoms with van der Waals surface area (Å²) in [5, 5.41) is 3.56. The van der Waals surface area contributed by atoms with Gasteiger partial charge in [-0.05, 0) is 45.1 Å². The van der Waals surface area contributed by atoms with Gasteiger partial charge in [-0.2, -0.15) is 0 Å². The van der Waals surface area contributed by atoms with Crippen LogP contribution in [0.15, 0.2) is 0 Å². The van der Waals surface area contributed by atoms with E-state index in [1.807, 2.05) is 0 Å². The minimum atomic E-state index is 0.293. The fourth-order valence-corrected chi connectivity index (χ4v) is 2.68. The maximum absolute atomic E-state index is 6.05. The molecule has 0 amide bonds. The van der Waals surface area contributed by atoms with Crippen molar-refractivity contribution in [2.24, 2.45) is 5.41 Å². The van der Waals surface area contributed by atoms with Crippen LogP contribution in [0.2, 0.25) is 0 Å². The van der Waals surface area contributed by atoms with Gasteiger partial charge in [-0.3, -0.25) is 0 Å². The molecule has 1 aliphatic carbocycles. The Balaban J connectivity index is 2.36. The van der Waals surface area contributed by atoms with Crippen molar-refractivity contribution in [1.29, 1.82) is 0 Å². The highest BCUT2D eigenvalue weighted by molar-refractivity contribution is 4.89. The van der Waals surface area contributed by atoms with Gasteiger partial charge in [-0.15, -0.1) is 0 Å². The van der Waals surface area contributed by atoms with Crippen LogP contribution in [-0.4, -0.2) is 38.0 Å². The van der Waals surface area contributed by atoms with Crippen LogP contribution in [0, 0.1) is 5.41 Å². The first kappa shape index (κ1) is 15.9. The molecule has 0 spiro atoms. The fraction of sp³-hybridized carbons (Fsp3) is 1.00. The largest absolute Gasteiger partial charge is 0.376 e. The Morgan fingerprint density at radius 1 is 1.28 bits per heavy atom. The van der Waals surface area contributed by atoms with Crippen molar-refractivity contribution in [3.05, 3.63) is 0 Å². The van der Waals surface area contributed by atoms with Gasteiger partial charge in [0.2, 0.25) is 0 Å². The van der Waals surface area contributed by atoms with Crippen LogP contribution in [0.1, 0.15) is 53.9 Å². The second-order valence-corrected chi connectivity index (χ2v) is 6.40. The van der Waals surface area contributed by atoms with E-state index in [0.717, 1.165) is 13.0 Å². The summed E-state index contributed by atoms with van der Waals surface area (Å²) in [6.07, 6.45) is 4.28. The molecule has 0 aromatic heterocycles. The van der Waals surface area contributed by atoms with Gasteiger partial charge in [0, 0.05) is 6.04 Å². The molecule has 2 unspecified atom stereocenters. The molecule has 0 radical (unpaired) electrons. The normalized spacial score (nSPS) is 27.7. The van der Waals surface area contributed by atoms with Crippen molar-refractivity contribution < 1.29 is 9.47 Å². The lowest BCUT2D eigenvalue weighted by atomic mass is 9.74. The van der Waals surface area contributed by atoms with Crippen LogP contribution < -0.4 is 5.32 Å². The van der Waals surface area contributed by atoms with Crippen molar-refractivity contribution in [3.8, 4) is 0 Å². The highest BCUT2D eigenvalue weighted by atomic mass is 16.5. The van der Waals surface area contributed by atoms with E-state index < -0.39 is 0 Å². The summed E-state index contributed by atoms with van der Waals surface area (Å²) in [5.74, 6) is 0. The monoisotopic (exact) mass is 257 g/mol. The van der Waals surface area contributed by atoms with Crippen LogP contribution in [0.5, 0.6) is 0 Å². The van der Waals surface area contributed by atoms with E-state index in [4.69, 9.17) is 9.47 Å². The quantitative estimate of drug-likeness (QED) is 0.711. The van der Waals surface area contributed by atoms with Crippen LogP contribution in [0.3, 0.4) is 0 Å². The van der Waals surface area contributed by atoms with Crippen molar-refractivity contribution in [1.82, 2.24) is 5.32 Å². The maximum atomic E-state index is 6.05. The van der Waals surface area contributed by atoms with Crippen molar-refractivity contribution in [3.63, 3.8) is 0 Å². The van der Waals surface area contributed by atoms with E-state index >= 15 is 0 Å². The molecule has 0 aromatic carbocycles. The number of hydrogen-bond donors (Lipinski definition) is 1. The molecule has 1 aliphatic rings. The second-order valence-electron chi connectivity index (χ2n) is 6.40. The lowest BCUT2D eigenvalue weighted by Crippen LogP contribution is -2.47. The smallest absolute Gasteiger partial charge is 0.0734 e. The average molecular weight is 257 g/mol. The number of hydrogen-bond acceptors (Lipinski definition) is 3. The van der Waals surface area contributed by atoms with E-state index in [-0.39, 0.29) is 0 Å². The highest BCUT2D eigenvalue weighted by Crippen LogP contribution is 2.36. The molecule has 0 aromatic rings. The topological polar surface area (TPSA) is 30.5 Å². The van der Waals surface area contributed by atoms with E-state index in [2.05, 4.69) is 39.9 Å². The predicted octanol–water partition coefficient (Wildman–Crippen LogP) is 2.98. The molecule has 18 heavy (non-hydrogen) atoms. The highest BCUT2D eigenvalue weighted by Gasteiger charge is 2.34. The van der Waals surface area contributed by atoms with E-state index in [1.165, 1.54) is 12.8 Å². The van der Waals surface area contributed by atoms with Crippen molar-refractivity contribution in [2.45, 2.75) is 72.1 Å². The fourth-order valence-electron chi connectivity index (χ4n) is 2.68. The molecule has 3 nitrogen and oxygen atoms in total. The summed E-state index contributed by atoms with van der Waals surface area (Å²) < 4.78 is 11.6. The minimum Gasteiger partial charge on any atom is -0.376 e. The molecule has 1 fully saturated rings. The first-order valence-electron chi connectivity index (χ1n) is 7.41. The Hall–Kier alpha value is -0.120. The molecule has 0 aliphatic heterocycles. The third kappa shape index (κ3) is 5.68. The maximum Gasteiger partial charge on any atom is 0.0734 e. The van der Waals surface area contributed by atoms with Crippen LogP contribution in [0.25, 0.3) is 0 Å². The molecule has 2 atom stereocenters. The first-order chi connectivity index (χ1) is 8.44. The number of rotatable bonds is 7. The minimum absolute atomic E-state index is 0.293.